The fourth-order valence-corrected chi connectivity index (χ4v) is 6.49. The van der Waals surface area contributed by atoms with Gasteiger partial charge in [0, 0.05) is 18.5 Å². The van der Waals surface area contributed by atoms with E-state index in [2.05, 4.69) is 18.6 Å². The molecule has 0 unspecified atom stereocenters. The van der Waals surface area contributed by atoms with Crippen LogP contribution in [0.4, 0.5) is 0 Å². The fourth-order valence-electron chi connectivity index (χ4n) is 4.18. The summed E-state index contributed by atoms with van der Waals surface area (Å²) in [5.41, 5.74) is 1.21. The van der Waals surface area contributed by atoms with E-state index in [1.54, 1.807) is 22.8 Å². The molecule has 0 saturated heterocycles. The Morgan fingerprint density at radius 1 is 1.17 bits per heavy atom. The Kier molecular flexibility index (Phi) is 5.50. The molecule has 0 saturated carbocycles. The van der Waals surface area contributed by atoms with Crippen molar-refractivity contribution in [3.63, 3.8) is 0 Å². The van der Waals surface area contributed by atoms with Crippen molar-refractivity contribution in [2.24, 2.45) is 0 Å². The van der Waals surface area contributed by atoms with Crippen LogP contribution < -0.4 is 14.3 Å². The first-order valence-corrected chi connectivity index (χ1v) is 12.6. The molecule has 0 spiro atoms. The Labute approximate surface area is 180 Å². The lowest BCUT2D eigenvalue weighted by Gasteiger charge is -2.41. The monoisotopic (exact) mass is 446 g/mol. The highest BCUT2D eigenvalue weighted by Crippen LogP contribution is 2.43. The summed E-state index contributed by atoms with van der Waals surface area (Å²) in [5.74, 6) is 0.730. The van der Waals surface area contributed by atoms with Crippen LogP contribution in [-0.2, 0) is 16.6 Å². The standard InChI is InChI=1S/C22H26N2O4S2/c1-4-22(5-2)14-17(16-9-7-8-10-19(16)28-22)23-30(26,27)15-11-12-18-20(13-15)29-21(25)24(18)6-3/h7-13,17,23H,4-6,14H2,1-3H3/t17-/m1/s1. The van der Waals surface area contributed by atoms with E-state index in [4.69, 9.17) is 4.74 Å². The van der Waals surface area contributed by atoms with Crippen LogP contribution in [0, 0.1) is 0 Å². The number of aryl methyl sites for hydroxylation is 1. The number of sulfonamides is 1. The molecule has 1 aromatic heterocycles. The van der Waals surface area contributed by atoms with Crippen LogP contribution in [0.5, 0.6) is 5.75 Å². The predicted molar refractivity (Wildman–Crippen MR) is 120 cm³/mol. The van der Waals surface area contributed by atoms with Gasteiger partial charge < -0.3 is 4.74 Å². The van der Waals surface area contributed by atoms with Crippen molar-refractivity contribution in [1.82, 2.24) is 9.29 Å². The summed E-state index contributed by atoms with van der Waals surface area (Å²) in [6.45, 7) is 6.59. The Morgan fingerprint density at radius 2 is 1.90 bits per heavy atom. The van der Waals surface area contributed by atoms with Crippen LogP contribution in [0.1, 0.15) is 51.6 Å². The number of aromatic nitrogens is 1. The number of para-hydroxylation sites is 1. The normalized spacial score (nSPS) is 18.2. The topological polar surface area (TPSA) is 77.4 Å². The van der Waals surface area contributed by atoms with Gasteiger partial charge in [0.1, 0.15) is 11.4 Å². The molecule has 30 heavy (non-hydrogen) atoms. The third-order valence-electron chi connectivity index (χ3n) is 6.05. The molecule has 8 heteroatoms. The van der Waals surface area contributed by atoms with Gasteiger partial charge >= 0.3 is 4.87 Å². The first-order valence-electron chi connectivity index (χ1n) is 10.3. The Hall–Kier alpha value is -2.16. The molecule has 2 aromatic carbocycles. The average Bonchev–Trinajstić information content (AvgIpc) is 3.07. The molecule has 1 N–H and O–H groups in total. The zero-order chi connectivity index (χ0) is 21.5. The average molecular weight is 447 g/mol. The zero-order valence-corrected chi connectivity index (χ0v) is 19.0. The number of ether oxygens (including phenoxy) is 1. The number of benzene rings is 2. The van der Waals surface area contributed by atoms with Gasteiger partial charge in [-0.05, 0) is 44.0 Å². The number of fused-ring (bicyclic) bond motifs is 2. The molecule has 1 atom stereocenters. The minimum atomic E-state index is -3.78. The van der Waals surface area contributed by atoms with E-state index in [-0.39, 0.29) is 15.8 Å². The lowest BCUT2D eigenvalue weighted by atomic mass is 9.84. The first-order chi connectivity index (χ1) is 14.3. The quantitative estimate of drug-likeness (QED) is 0.607. The number of nitrogens with one attached hydrogen (secondary N) is 1. The summed E-state index contributed by atoms with van der Waals surface area (Å²) in [4.78, 5) is 12.2. The van der Waals surface area contributed by atoms with Gasteiger partial charge in [-0.2, -0.15) is 0 Å². The van der Waals surface area contributed by atoms with Crippen molar-refractivity contribution in [3.8, 4) is 5.75 Å². The van der Waals surface area contributed by atoms with Gasteiger partial charge in [-0.3, -0.25) is 9.36 Å². The third kappa shape index (κ3) is 3.57. The van der Waals surface area contributed by atoms with Gasteiger partial charge in [-0.25, -0.2) is 13.1 Å². The summed E-state index contributed by atoms with van der Waals surface area (Å²) in [6, 6.07) is 12.1. The second-order valence-electron chi connectivity index (χ2n) is 7.65. The number of thiazole rings is 1. The summed E-state index contributed by atoms with van der Waals surface area (Å²) in [5, 5.41) is 0. The van der Waals surface area contributed by atoms with Gasteiger partial charge in [0.05, 0.1) is 21.2 Å². The largest absolute Gasteiger partial charge is 0.487 e. The van der Waals surface area contributed by atoms with Crippen molar-refractivity contribution in [2.45, 2.75) is 63.1 Å². The summed E-state index contributed by atoms with van der Waals surface area (Å²) < 4.78 is 38.1. The summed E-state index contributed by atoms with van der Waals surface area (Å²) in [6.07, 6.45) is 2.15. The predicted octanol–water partition coefficient (Wildman–Crippen LogP) is 4.44. The number of hydrogen-bond donors (Lipinski definition) is 1. The second-order valence-corrected chi connectivity index (χ2v) is 10.4. The molecule has 6 nitrogen and oxygen atoms in total. The van der Waals surface area contributed by atoms with Crippen molar-refractivity contribution in [2.75, 3.05) is 0 Å². The van der Waals surface area contributed by atoms with E-state index in [1.165, 1.54) is 0 Å². The molecular formula is C22H26N2O4S2. The minimum Gasteiger partial charge on any atom is -0.487 e. The number of hydrogen-bond acceptors (Lipinski definition) is 5. The molecular weight excluding hydrogens is 420 g/mol. The van der Waals surface area contributed by atoms with E-state index < -0.39 is 15.6 Å². The van der Waals surface area contributed by atoms with Gasteiger partial charge in [-0.1, -0.05) is 43.4 Å². The lowest BCUT2D eigenvalue weighted by Crippen LogP contribution is -2.44. The van der Waals surface area contributed by atoms with Gasteiger partial charge in [0.2, 0.25) is 10.0 Å². The second kappa shape index (κ2) is 7.83. The van der Waals surface area contributed by atoms with E-state index in [1.807, 2.05) is 31.2 Å². The van der Waals surface area contributed by atoms with Crippen molar-refractivity contribution in [1.29, 1.82) is 0 Å². The Morgan fingerprint density at radius 3 is 2.60 bits per heavy atom. The third-order valence-corrected chi connectivity index (χ3v) is 8.46. The van der Waals surface area contributed by atoms with E-state index in [0.29, 0.717) is 17.7 Å². The van der Waals surface area contributed by atoms with Crippen LogP contribution >= 0.6 is 11.3 Å². The van der Waals surface area contributed by atoms with Crippen LogP contribution in [-0.4, -0.2) is 18.6 Å². The SMILES string of the molecule is CCn1c(=O)sc2cc(S(=O)(=O)N[C@@H]3CC(CC)(CC)Oc4ccccc43)ccc21. The maximum atomic E-state index is 13.3. The van der Waals surface area contributed by atoms with E-state index >= 15 is 0 Å². The van der Waals surface area contributed by atoms with Crippen molar-refractivity contribution >= 4 is 31.6 Å². The Balaban J connectivity index is 1.72. The number of rotatable bonds is 6. The molecule has 0 fully saturated rings. The van der Waals surface area contributed by atoms with Gasteiger partial charge in [-0.15, -0.1) is 0 Å². The highest BCUT2D eigenvalue weighted by atomic mass is 32.2. The smallest absolute Gasteiger partial charge is 0.308 e. The van der Waals surface area contributed by atoms with Crippen LogP contribution in [0.3, 0.4) is 0 Å². The highest BCUT2D eigenvalue weighted by Gasteiger charge is 2.40. The molecule has 160 valence electrons. The molecule has 0 amide bonds. The van der Waals surface area contributed by atoms with Gasteiger partial charge in [0.15, 0.2) is 0 Å². The van der Waals surface area contributed by atoms with E-state index in [9.17, 15) is 13.2 Å². The van der Waals surface area contributed by atoms with Gasteiger partial charge in [0.25, 0.3) is 0 Å². The highest BCUT2D eigenvalue weighted by molar-refractivity contribution is 7.89. The molecule has 4 rings (SSSR count). The van der Waals surface area contributed by atoms with Crippen LogP contribution in [0.2, 0.25) is 0 Å². The molecule has 2 heterocycles. The molecule has 0 aliphatic carbocycles. The number of nitrogens with zero attached hydrogens (tertiary/aromatic N) is 1. The maximum absolute atomic E-state index is 13.3. The molecule has 1 aliphatic rings. The molecule has 1 aliphatic heterocycles. The molecule has 0 radical (unpaired) electrons. The fraction of sp³-hybridized carbons (Fsp3) is 0.409. The maximum Gasteiger partial charge on any atom is 0.308 e. The molecule has 0 bridgehead atoms. The van der Waals surface area contributed by atoms with Crippen molar-refractivity contribution < 1.29 is 13.2 Å². The minimum absolute atomic E-state index is 0.0796. The Bertz CT molecular complexity index is 1240. The van der Waals surface area contributed by atoms with Crippen LogP contribution in [0.25, 0.3) is 10.2 Å². The summed E-state index contributed by atoms with van der Waals surface area (Å²) in [7, 11) is -3.78. The van der Waals surface area contributed by atoms with Crippen molar-refractivity contribution in [3.05, 3.63) is 57.7 Å². The zero-order valence-electron chi connectivity index (χ0n) is 17.3. The molecule has 3 aromatic rings. The summed E-state index contributed by atoms with van der Waals surface area (Å²) >= 11 is 1.07. The van der Waals surface area contributed by atoms with E-state index in [0.717, 1.165) is 41.0 Å². The lowest BCUT2D eigenvalue weighted by molar-refractivity contribution is 0.0260. The van der Waals surface area contributed by atoms with Crippen LogP contribution in [0.15, 0.2) is 52.2 Å². The first kappa shape index (κ1) is 21.1.